The highest BCUT2D eigenvalue weighted by molar-refractivity contribution is 6.30. The van der Waals surface area contributed by atoms with Gasteiger partial charge in [-0.1, -0.05) is 30.7 Å². The fourth-order valence-corrected chi connectivity index (χ4v) is 3.29. The van der Waals surface area contributed by atoms with Crippen LogP contribution in [0.3, 0.4) is 0 Å². The second kappa shape index (κ2) is 8.30. The molecule has 0 radical (unpaired) electrons. The molecule has 2 heterocycles. The zero-order valence-corrected chi connectivity index (χ0v) is 15.2. The van der Waals surface area contributed by atoms with Crippen LogP contribution in [0.4, 0.5) is 5.82 Å². The fourth-order valence-electron chi connectivity index (χ4n) is 3.16. The highest BCUT2D eigenvalue weighted by Crippen LogP contribution is 2.21. The van der Waals surface area contributed by atoms with Gasteiger partial charge in [-0.3, -0.25) is 4.79 Å². The number of carbonyl (C=O) groups excluding carboxylic acids is 1. The number of benzene rings is 1. The third-order valence-corrected chi connectivity index (χ3v) is 4.87. The van der Waals surface area contributed by atoms with Gasteiger partial charge in [0, 0.05) is 24.2 Å². The molecule has 1 N–H and O–H groups in total. The van der Waals surface area contributed by atoms with Crippen molar-refractivity contribution in [2.24, 2.45) is 0 Å². The summed E-state index contributed by atoms with van der Waals surface area (Å²) in [7, 11) is 0. The van der Waals surface area contributed by atoms with Gasteiger partial charge < -0.3 is 10.2 Å². The fraction of sp³-hybridized carbons (Fsp3) is 0.421. The van der Waals surface area contributed by atoms with E-state index in [9.17, 15) is 4.79 Å². The molecule has 1 aromatic heterocycles. The highest BCUT2D eigenvalue weighted by atomic mass is 35.5. The van der Waals surface area contributed by atoms with Crippen molar-refractivity contribution in [3.8, 4) is 0 Å². The van der Waals surface area contributed by atoms with Crippen LogP contribution < -0.4 is 5.32 Å². The normalized spacial score (nSPS) is 17.4. The monoisotopic (exact) mass is 358 g/mol. The summed E-state index contributed by atoms with van der Waals surface area (Å²) < 4.78 is 0. The summed E-state index contributed by atoms with van der Waals surface area (Å²) in [5.74, 6) is 0.639. The molecule has 1 saturated heterocycles. The zero-order chi connectivity index (χ0) is 17.6. The van der Waals surface area contributed by atoms with E-state index in [1.54, 1.807) is 12.4 Å². The number of nitrogens with zero attached hydrogens (tertiary/aromatic N) is 3. The number of hydrogen-bond donors (Lipinski definition) is 1. The van der Waals surface area contributed by atoms with Crippen LogP contribution in [0.2, 0.25) is 5.02 Å². The van der Waals surface area contributed by atoms with Crippen LogP contribution in [-0.2, 0) is 6.54 Å². The van der Waals surface area contributed by atoms with Crippen LogP contribution in [0, 0.1) is 0 Å². The summed E-state index contributed by atoms with van der Waals surface area (Å²) in [6.45, 7) is 3.57. The van der Waals surface area contributed by atoms with Crippen molar-refractivity contribution in [2.45, 2.75) is 45.2 Å². The van der Waals surface area contributed by atoms with Gasteiger partial charge in [0.25, 0.3) is 5.91 Å². The average molecular weight is 359 g/mol. The van der Waals surface area contributed by atoms with Crippen LogP contribution in [0.25, 0.3) is 0 Å². The minimum Gasteiger partial charge on any atom is -0.365 e. The summed E-state index contributed by atoms with van der Waals surface area (Å²) in [6.07, 6.45) is 7.51. The van der Waals surface area contributed by atoms with E-state index in [2.05, 4.69) is 22.2 Å². The third-order valence-electron chi connectivity index (χ3n) is 4.62. The molecule has 132 valence electrons. The maximum absolute atomic E-state index is 12.7. The van der Waals surface area contributed by atoms with E-state index in [4.69, 9.17) is 11.6 Å². The van der Waals surface area contributed by atoms with Crippen LogP contribution in [-0.4, -0.2) is 33.4 Å². The Morgan fingerprint density at radius 2 is 2.04 bits per heavy atom. The minimum atomic E-state index is -0.0108. The molecular formula is C19H23ClN4O. The predicted molar refractivity (Wildman–Crippen MR) is 99.8 cm³/mol. The Kier molecular flexibility index (Phi) is 5.87. The Balaban J connectivity index is 1.61. The number of anilines is 1. The number of likely N-dealkylation sites (tertiary alicyclic amines) is 1. The lowest BCUT2D eigenvalue weighted by Gasteiger charge is -2.34. The predicted octanol–water partition coefficient (Wildman–Crippen LogP) is 4.15. The van der Waals surface area contributed by atoms with Gasteiger partial charge in [0.05, 0.1) is 12.4 Å². The highest BCUT2D eigenvalue weighted by Gasteiger charge is 2.27. The summed E-state index contributed by atoms with van der Waals surface area (Å²) in [4.78, 5) is 23.3. The Morgan fingerprint density at radius 1 is 1.24 bits per heavy atom. The molecule has 1 aromatic carbocycles. The van der Waals surface area contributed by atoms with Crippen molar-refractivity contribution in [3.05, 3.63) is 52.9 Å². The number of aromatic nitrogens is 2. The molecule has 0 spiro atoms. The number of carbonyl (C=O) groups is 1. The molecule has 1 aliphatic rings. The van der Waals surface area contributed by atoms with Crippen molar-refractivity contribution >= 4 is 23.3 Å². The molecule has 3 rings (SSSR count). The number of amides is 1. The first-order valence-corrected chi connectivity index (χ1v) is 9.16. The molecule has 1 aliphatic heterocycles. The summed E-state index contributed by atoms with van der Waals surface area (Å²) in [6, 6.07) is 7.96. The van der Waals surface area contributed by atoms with Gasteiger partial charge in [0.15, 0.2) is 0 Å². The van der Waals surface area contributed by atoms with E-state index in [0.717, 1.165) is 36.4 Å². The van der Waals surface area contributed by atoms with Gasteiger partial charge in [-0.15, -0.1) is 0 Å². The largest absolute Gasteiger partial charge is 0.365 e. The molecule has 6 heteroatoms. The number of halogens is 1. The number of hydrogen-bond acceptors (Lipinski definition) is 4. The zero-order valence-electron chi connectivity index (χ0n) is 14.4. The molecule has 2 aromatic rings. The molecule has 1 amide bonds. The van der Waals surface area contributed by atoms with E-state index in [-0.39, 0.29) is 5.91 Å². The van der Waals surface area contributed by atoms with E-state index in [1.165, 1.54) is 6.42 Å². The minimum absolute atomic E-state index is 0.0108. The molecule has 5 nitrogen and oxygen atoms in total. The van der Waals surface area contributed by atoms with Crippen LogP contribution >= 0.6 is 11.6 Å². The van der Waals surface area contributed by atoms with Crippen molar-refractivity contribution in [3.63, 3.8) is 0 Å². The second-order valence-electron chi connectivity index (χ2n) is 6.32. The molecule has 1 unspecified atom stereocenters. The van der Waals surface area contributed by atoms with E-state index in [1.807, 2.05) is 29.2 Å². The van der Waals surface area contributed by atoms with Gasteiger partial charge in [0.1, 0.15) is 11.5 Å². The first kappa shape index (κ1) is 17.7. The molecule has 0 aliphatic carbocycles. The van der Waals surface area contributed by atoms with Gasteiger partial charge in [-0.2, -0.15) is 0 Å². The van der Waals surface area contributed by atoms with Gasteiger partial charge >= 0.3 is 0 Å². The van der Waals surface area contributed by atoms with E-state index >= 15 is 0 Å². The van der Waals surface area contributed by atoms with Crippen LogP contribution in [0.15, 0.2) is 36.7 Å². The Morgan fingerprint density at radius 3 is 2.72 bits per heavy atom. The van der Waals surface area contributed by atoms with Gasteiger partial charge in [0.2, 0.25) is 0 Å². The van der Waals surface area contributed by atoms with E-state index < -0.39 is 0 Å². The molecule has 25 heavy (non-hydrogen) atoms. The first-order valence-electron chi connectivity index (χ1n) is 8.78. The lowest BCUT2D eigenvalue weighted by atomic mass is 10.00. The third kappa shape index (κ3) is 4.48. The number of nitrogens with one attached hydrogen (secondary N) is 1. The van der Waals surface area contributed by atoms with Crippen LogP contribution in [0.5, 0.6) is 0 Å². The number of piperidine rings is 1. The van der Waals surface area contributed by atoms with E-state index in [0.29, 0.717) is 24.1 Å². The maximum atomic E-state index is 12.7. The van der Waals surface area contributed by atoms with Gasteiger partial charge in [-0.25, -0.2) is 9.97 Å². The Hall–Kier alpha value is -2.14. The van der Waals surface area contributed by atoms with Crippen molar-refractivity contribution in [1.29, 1.82) is 0 Å². The van der Waals surface area contributed by atoms with Gasteiger partial charge in [-0.05, 0) is 43.4 Å². The summed E-state index contributed by atoms with van der Waals surface area (Å²) in [5.41, 5.74) is 1.52. The Labute approximate surface area is 153 Å². The Bertz CT molecular complexity index is 702. The summed E-state index contributed by atoms with van der Waals surface area (Å²) in [5, 5.41) is 3.92. The topological polar surface area (TPSA) is 58.1 Å². The quantitative estimate of drug-likeness (QED) is 0.872. The lowest BCUT2D eigenvalue weighted by Crippen LogP contribution is -2.43. The number of rotatable bonds is 5. The molecule has 1 fully saturated rings. The van der Waals surface area contributed by atoms with Crippen LogP contribution in [0.1, 0.15) is 48.7 Å². The second-order valence-corrected chi connectivity index (χ2v) is 6.76. The SMILES string of the molecule is CCC1CCCCN1C(=O)c1cnc(NCc2ccc(Cl)cc2)cn1. The van der Waals surface area contributed by atoms with Crippen molar-refractivity contribution in [2.75, 3.05) is 11.9 Å². The standard InChI is InChI=1S/C19H23ClN4O/c1-2-16-5-3-4-10-24(16)19(25)17-12-23-18(13-21-17)22-11-14-6-8-15(20)9-7-14/h6-9,12-13,16H,2-5,10-11H2,1H3,(H,22,23). The average Bonchev–Trinajstić information content (AvgIpc) is 2.67. The lowest BCUT2D eigenvalue weighted by molar-refractivity contribution is 0.0601. The van der Waals surface area contributed by atoms with Crippen molar-refractivity contribution < 1.29 is 4.79 Å². The van der Waals surface area contributed by atoms with Crippen molar-refractivity contribution in [1.82, 2.24) is 14.9 Å². The molecule has 0 bridgehead atoms. The first-order chi connectivity index (χ1) is 12.2. The molecular weight excluding hydrogens is 336 g/mol. The summed E-state index contributed by atoms with van der Waals surface area (Å²) >= 11 is 5.88. The maximum Gasteiger partial charge on any atom is 0.274 e. The smallest absolute Gasteiger partial charge is 0.274 e. The molecule has 1 atom stereocenters. The molecule has 0 saturated carbocycles.